The molecule has 0 aliphatic carbocycles. The van der Waals surface area contributed by atoms with Gasteiger partial charge in [-0.25, -0.2) is 0 Å². The van der Waals surface area contributed by atoms with E-state index in [2.05, 4.69) is 26.6 Å². The third-order valence-corrected chi connectivity index (χ3v) is 3.48. The number of hydrogen-bond acceptors (Lipinski definition) is 4. The van der Waals surface area contributed by atoms with E-state index in [4.69, 9.17) is 0 Å². The van der Waals surface area contributed by atoms with Gasteiger partial charge in [-0.05, 0) is 40.2 Å². The summed E-state index contributed by atoms with van der Waals surface area (Å²) in [5, 5.41) is 16.4. The van der Waals surface area contributed by atoms with Crippen LogP contribution >= 0.6 is 15.9 Å². The zero-order chi connectivity index (χ0) is 15.4. The average molecular weight is 350 g/mol. The molecule has 2 aromatic carbocycles. The maximum absolute atomic E-state index is 12.2. The molecule has 0 saturated heterocycles. The Morgan fingerprint density at radius 1 is 1.24 bits per heavy atom. The number of nitro groups is 1. The highest BCUT2D eigenvalue weighted by Crippen LogP contribution is 2.28. The fourth-order valence-electron chi connectivity index (χ4n) is 1.83. The van der Waals surface area contributed by atoms with Gasteiger partial charge in [0.15, 0.2) is 0 Å². The first-order valence-electron chi connectivity index (χ1n) is 6.05. The van der Waals surface area contributed by atoms with E-state index in [9.17, 15) is 14.9 Å². The second-order valence-electron chi connectivity index (χ2n) is 4.17. The van der Waals surface area contributed by atoms with Crippen molar-refractivity contribution in [1.29, 1.82) is 0 Å². The number of carbonyl (C=O) groups excluding carboxylic acids is 1. The quantitative estimate of drug-likeness (QED) is 0.651. The summed E-state index contributed by atoms with van der Waals surface area (Å²) in [5.41, 5.74) is 1.62. The van der Waals surface area contributed by atoms with Gasteiger partial charge < -0.3 is 10.6 Å². The number of nitrogens with zero attached hydrogens (tertiary/aromatic N) is 1. The number of nitro benzene ring substituents is 1. The summed E-state index contributed by atoms with van der Waals surface area (Å²) in [6, 6.07) is 11.4. The minimum Gasteiger partial charge on any atom is -0.387 e. The van der Waals surface area contributed by atoms with Crippen molar-refractivity contribution >= 4 is 38.9 Å². The fourth-order valence-corrected chi connectivity index (χ4v) is 2.35. The molecule has 0 aromatic heterocycles. The van der Waals surface area contributed by atoms with Crippen molar-refractivity contribution in [3.8, 4) is 0 Å². The first kappa shape index (κ1) is 15.0. The Balaban J connectivity index is 2.24. The van der Waals surface area contributed by atoms with Crippen LogP contribution in [0.5, 0.6) is 0 Å². The fraction of sp³-hybridized carbons (Fsp3) is 0.0714. The lowest BCUT2D eigenvalue weighted by Crippen LogP contribution is -2.13. The number of nitrogens with one attached hydrogen (secondary N) is 2. The van der Waals surface area contributed by atoms with Gasteiger partial charge in [0.2, 0.25) is 0 Å². The lowest BCUT2D eigenvalue weighted by Gasteiger charge is -2.10. The van der Waals surface area contributed by atoms with Gasteiger partial charge in [-0.15, -0.1) is 0 Å². The van der Waals surface area contributed by atoms with E-state index >= 15 is 0 Å². The third kappa shape index (κ3) is 3.38. The van der Waals surface area contributed by atoms with Gasteiger partial charge in [0.1, 0.15) is 0 Å². The summed E-state index contributed by atoms with van der Waals surface area (Å²) in [6.45, 7) is 0. The Morgan fingerprint density at radius 2 is 1.95 bits per heavy atom. The van der Waals surface area contributed by atoms with Gasteiger partial charge in [0.05, 0.1) is 15.0 Å². The zero-order valence-electron chi connectivity index (χ0n) is 11.1. The minimum absolute atomic E-state index is 0.0522. The second kappa shape index (κ2) is 6.36. The summed E-state index contributed by atoms with van der Waals surface area (Å²) in [4.78, 5) is 22.5. The predicted octanol–water partition coefficient (Wildman–Crippen LogP) is 3.65. The summed E-state index contributed by atoms with van der Waals surface area (Å²) < 4.78 is 0.312. The van der Waals surface area contributed by atoms with Crippen molar-refractivity contribution in [3.63, 3.8) is 0 Å². The van der Waals surface area contributed by atoms with E-state index in [1.165, 1.54) is 18.2 Å². The molecule has 0 spiro atoms. The topological polar surface area (TPSA) is 84.3 Å². The van der Waals surface area contributed by atoms with E-state index in [0.29, 0.717) is 21.4 Å². The molecule has 0 saturated carbocycles. The molecule has 2 rings (SSSR count). The molecule has 108 valence electrons. The number of rotatable bonds is 4. The maximum atomic E-state index is 12.2. The van der Waals surface area contributed by atoms with Crippen LogP contribution in [-0.2, 0) is 0 Å². The number of halogens is 1. The average Bonchev–Trinajstić information content (AvgIpc) is 2.46. The Morgan fingerprint density at radius 3 is 2.57 bits per heavy atom. The molecule has 0 atom stereocenters. The van der Waals surface area contributed by atoms with Crippen molar-refractivity contribution in [3.05, 3.63) is 62.6 Å². The molecule has 0 unspecified atom stereocenters. The van der Waals surface area contributed by atoms with E-state index in [1.54, 1.807) is 25.2 Å². The number of carbonyl (C=O) groups is 1. The van der Waals surface area contributed by atoms with Crippen molar-refractivity contribution in [2.24, 2.45) is 0 Å². The van der Waals surface area contributed by atoms with Crippen LogP contribution in [0.3, 0.4) is 0 Å². The number of para-hydroxylation sites is 1. The summed E-state index contributed by atoms with van der Waals surface area (Å²) in [5.74, 6) is -0.291. The third-order valence-electron chi connectivity index (χ3n) is 2.84. The van der Waals surface area contributed by atoms with E-state index < -0.39 is 4.92 Å². The van der Waals surface area contributed by atoms with Crippen LogP contribution in [0.25, 0.3) is 0 Å². The molecule has 0 aliphatic heterocycles. The molecule has 2 N–H and O–H groups in total. The van der Waals surface area contributed by atoms with Crippen LogP contribution in [0, 0.1) is 10.1 Å². The molecule has 2 aromatic rings. The monoisotopic (exact) mass is 349 g/mol. The van der Waals surface area contributed by atoms with Gasteiger partial charge >= 0.3 is 0 Å². The maximum Gasteiger partial charge on any atom is 0.283 e. The van der Waals surface area contributed by atoms with Crippen molar-refractivity contribution in [2.75, 3.05) is 17.7 Å². The van der Waals surface area contributed by atoms with Crippen LogP contribution < -0.4 is 10.6 Å². The van der Waals surface area contributed by atoms with Crippen molar-refractivity contribution in [2.45, 2.75) is 0 Å². The van der Waals surface area contributed by atoms with Crippen LogP contribution in [0.2, 0.25) is 0 Å². The normalized spacial score (nSPS) is 10.0. The largest absolute Gasteiger partial charge is 0.387 e. The zero-order valence-corrected chi connectivity index (χ0v) is 12.7. The van der Waals surface area contributed by atoms with Gasteiger partial charge in [0, 0.05) is 24.5 Å². The first-order chi connectivity index (χ1) is 10.0. The van der Waals surface area contributed by atoms with E-state index in [1.807, 2.05) is 6.07 Å². The van der Waals surface area contributed by atoms with Crippen LogP contribution in [0.4, 0.5) is 17.1 Å². The van der Waals surface area contributed by atoms with Gasteiger partial charge in [-0.2, -0.15) is 0 Å². The molecule has 0 bridgehead atoms. The summed E-state index contributed by atoms with van der Waals surface area (Å²) in [6.07, 6.45) is 0. The molecular weight excluding hydrogens is 338 g/mol. The van der Waals surface area contributed by atoms with Crippen molar-refractivity contribution < 1.29 is 9.72 Å². The minimum atomic E-state index is -0.494. The Labute approximate surface area is 129 Å². The SMILES string of the molecule is CNc1ccccc1C(=O)Nc1ccc([N+](=O)[O-])c(Br)c1. The highest BCUT2D eigenvalue weighted by Gasteiger charge is 2.14. The molecule has 0 aliphatic rings. The molecule has 7 heteroatoms. The van der Waals surface area contributed by atoms with Crippen LogP contribution in [0.15, 0.2) is 46.9 Å². The smallest absolute Gasteiger partial charge is 0.283 e. The van der Waals surface area contributed by atoms with Gasteiger partial charge in [0.25, 0.3) is 11.6 Å². The molecule has 21 heavy (non-hydrogen) atoms. The van der Waals surface area contributed by atoms with Crippen LogP contribution in [0.1, 0.15) is 10.4 Å². The molecule has 0 radical (unpaired) electrons. The summed E-state index contributed by atoms with van der Waals surface area (Å²) >= 11 is 3.12. The lowest BCUT2D eigenvalue weighted by molar-refractivity contribution is -0.385. The second-order valence-corrected chi connectivity index (χ2v) is 5.03. The molecule has 1 amide bonds. The first-order valence-corrected chi connectivity index (χ1v) is 6.84. The molecular formula is C14H12BrN3O3. The number of hydrogen-bond donors (Lipinski definition) is 2. The lowest BCUT2D eigenvalue weighted by atomic mass is 10.1. The summed E-state index contributed by atoms with van der Waals surface area (Å²) in [7, 11) is 1.73. The standard InChI is InChI=1S/C14H12BrN3O3/c1-16-12-5-3-2-4-10(12)14(19)17-9-6-7-13(18(20)21)11(15)8-9/h2-8,16H,1H3,(H,17,19). The number of benzene rings is 2. The van der Waals surface area contributed by atoms with Crippen molar-refractivity contribution in [1.82, 2.24) is 0 Å². The highest BCUT2D eigenvalue weighted by molar-refractivity contribution is 9.10. The van der Waals surface area contributed by atoms with E-state index in [0.717, 1.165) is 0 Å². The Kier molecular flexibility index (Phi) is 4.54. The molecule has 6 nitrogen and oxygen atoms in total. The van der Waals surface area contributed by atoms with Crippen LogP contribution in [-0.4, -0.2) is 17.9 Å². The Bertz CT molecular complexity index is 704. The number of anilines is 2. The Hall–Kier alpha value is -2.41. The molecule has 0 heterocycles. The van der Waals surface area contributed by atoms with Gasteiger partial charge in [-0.1, -0.05) is 12.1 Å². The van der Waals surface area contributed by atoms with Gasteiger partial charge in [-0.3, -0.25) is 14.9 Å². The number of amides is 1. The molecule has 0 fully saturated rings. The van der Waals surface area contributed by atoms with E-state index in [-0.39, 0.29) is 11.6 Å². The predicted molar refractivity (Wildman–Crippen MR) is 84.7 cm³/mol. The highest BCUT2D eigenvalue weighted by atomic mass is 79.9.